The van der Waals surface area contributed by atoms with Crippen molar-refractivity contribution in [3.63, 3.8) is 0 Å². The molecular formula is C21H27N3O5S. The lowest BCUT2D eigenvalue weighted by Crippen LogP contribution is -2.46. The quantitative estimate of drug-likeness (QED) is 0.750. The van der Waals surface area contributed by atoms with Gasteiger partial charge in [-0.2, -0.15) is 0 Å². The first-order valence-electron chi connectivity index (χ1n) is 9.89. The monoisotopic (exact) mass is 433 g/mol. The number of hydrogen-bond acceptors (Lipinski definition) is 7. The molecule has 1 aromatic heterocycles. The van der Waals surface area contributed by atoms with Gasteiger partial charge in [0.2, 0.25) is 0 Å². The molecule has 0 atom stereocenters. The van der Waals surface area contributed by atoms with Gasteiger partial charge in [-0.1, -0.05) is 0 Å². The second-order valence-corrected chi connectivity index (χ2v) is 7.94. The predicted octanol–water partition coefficient (Wildman–Crippen LogP) is 3.49. The van der Waals surface area contributed by atoms with Crippen LogP contribution >= 0.6 is 11.3 Å². The summed E-state index contributed by atoms with van der Waals surface area (Å²) < 4.78 is 15.7. The molecule has 8 nitrogen and oxygen atoms in total. The summed E-state index contributed by atoms with van der Waals surface area (Å²) >= 11 is 1.35. The topological polar surface area (TPSA) is 90.0 Å². The van der Waals surface area contributed by atoms with Crippen LogP contribution in [0.1, 0.15) is 35.1 Å². The summed E-state index contributed by atoms with van der Waals surface area (Å²) in [4.78, 5) is 31.5. The first kappa shape index (κ1) is 21.9. The van der Waals surface area contributed by atoms with Crippen molar-refractivity contribution in [1.82, 2.24) is 15.2 Å². The van der Waals surface area contributed by atoms with Gasteiger partial charge in [0, 0.05) is 24.7 Å². The van der Waals surface area contributed by atoms with Crippen LogP contribution in [0.2, 0.25) is 0 Å². The van der Waals surface area contributed by atoms with Gasteiger partial charge in [-0.3, -0.25) is 4.79 Å². The third-order valence-corrected chi connectivity index (χ3v) is 6.19. The number of carbonyl (C=O) groups excluding carboxylic acids is 2. The number of benzene rings is 1. The van der Waals surface area contributed by atoms with E-state index < -0.39 is 0 Å². The molecule has 2 amide bonds. The second-order valence-electron chi connectivity index (χ2n) is 6.94. The van der Waals surface area contributed by atoms with E-state index in [1.54, 1.807) is 26.0 Å². The van der Waals surface area contributed by atoms with Gasteiger partial charge in [-0.25, -0.2) is 9.78 Å². The zero-order chi connectivity index (χ0) is 21.7. The van der Waals surface area contributed by atoms with E-state index in [2.05, 4.69) is 10.3 Å². The Balaban J connectivity index is 1.66. The molecule has 1 saturated heterocycles. The average molecular weight is 434 g/mol. The fourth-order valence-corrected chi connectivity index (χ4v) is 4.34. The van der Waals surface area contributed by atoms with Gasteiger partial charge in [0.25, 0.3) is 5.91 Å². The maximum Gasteiger partial charge on any atom is 0.409 e. The number of methoxy groups -OCH3 is 2. The van der Waals surface area contributed by atoms with Crippen molar-refractivity contribution in [3.05, 3.63) is 28.8 Å². The van der Waals surface area contributed by atoms with Gasteiger partial charge in [0.1, 0.15) is 9.88 Å². The number of aryl methyl sites for hydroxylation is 1. The standard InChI is InChI=1S/C21H27N3O5S/c1-5-29-21(26)24-10-8-15(9-11-24)23-19(25)18-13(2)22-20(30-18)14-6-7-16(27-3)17(12-14)28-4/h6-7,12,15H,5,8-11H2,1-4H3,(H,23,25). The lowest BCUT2D eigenvalue weighted by Gasteiger charge is -2.31. The fourth-order valence-electron chi connectivity index (χ4n) is 3.37. The predicted molar refractivity (Wildman–Crippen MR) is 114 cm³/mol. The Kier molecular flexibility index (Phi) is 7.15. The van der Waals surface area contributed by atoms with E-state index >= 15 is 0 Å². The number of nitrogens with one attached hydrogen (secondary N) is 1. The van der Waals surface area contributed by atoms with Crippen molar-refractivity contribution >= 4 is 23.3 Å². The van der Waals surface area contributed by atoms with E-state index in [4.69, 9.17) is 14.2 Å². The van der Waals surface area contributed by atoms with E-state index in [-0.39, 0.29) is 18.0 Å². The van der Waals surface area contributed by atoms with E-state index in [0.29, 0.717) is 54.6 Å². The minimum atomic E-state index is -0.292. The van der Waals surface area contributed by atoms with Crippen LogP contribution in [0.3, 0.4) is 0 Å². The summed E-state index contributed by atoms with van der Waals surface area (Å²) in [7, 11) is 3.17. The number of nitrogens with zero attached hydrogens (tertiary/aromatic N) is 2. The highest BCUT2D eigenvalue weighted by atomic mass is 32.1. The van der Waals surface area contributed by atoms with Crippen molar-refractivity contribution in [2.45, 2.75) is 32.7 Å². The lowest BCUT2D eigenvalue weighted by atomic mass is 10.1. The minimum Gasteiger partial charge on any atom is -0.493 e. The Morgan fingerprint density at radius 3 is 2.53 bits per heavy atom. The number of ether oxygens (including phenoxy) is 3. The first-order chi connectivity index (χ1) is 14.5. The summed E-state index contributed by atoms with van der Waals surface area (Å²) in [5, 5.41) is 3.83. The highest BCUT2D eigenvalue weighted by Gasteiger charge is 2.26. The van der Waals surface area contributed by atoms with Crippen LogP contribution in [0.15, 0.2) is 18.2 Å². The van der Waals surface area contributed by atoms with Crippen molar-refractivity contribution in [3.8, 4) is 22.1 Å². The van der Waals surface area contributed by atoms with Gasteiger partial charge in [0.15, 0.2) is 11.5 Å². The van der Waals surface area contributed by atoms with Crippen molar-refractivity contribution in [2.75, 3.05) is 33.9 Å². The number of carbonyl (C=O) groups is 2. The van der Waals surface area contributed by atoms with E-state index in [1.165, 1.54) is 11.3 Å². The average Bonchev–Trinajstić information content (AvgIpc) is 3.15. The molecule has 162 valence electrons. The lowest BCUT2D eigenvalue weighted by molar-refractivity contribution is 0.0862. The Morgan fingerprint density at radius 2 is 1.90 bits per heavy atom. The van der Waals surface area contributed by atoms with Gasteiger partial charge >= 0.3 is 6.09 Å². The molecule has 30 heavy (non-hydrogen) atoms. The van der Waals surface area contributed by atoms with Crippen LogP contribution in [0.4, 0.5) is 4.79 Å². The molecule has 0 aliphatic carbocycles. The van der Waals surface area contributed by atoms with Crippen LogP contribution in [0, 0.1) is 6.92 Å². The number of piperidine rings is 1. The molecule has 0 saturated carbocycles. The van der Waals surface area contributed by atoms with Gasteiger partial charge in [-0.15, -0.1) is 11.3 Å². The van der Waals surface area contributed by atoms with Crippen molar-refractivity contribution < 1.29 is 23.8 Å². The highest BCUT2D eigenvalue weighted by molar-refractivity contribution is 7.17. The normalized spacial score (nSPS) is 14.3. The van der Waals surface area contributed by atoms with E-state index in [1.807, 2.05) is 25.1 Å². The second kappa shape index (κ2) is 9.80. The molecule has 1 N–H and O–H groups in total. The third-order valence-electron chi connectivity index (χ3n) is 4.99. The maximum absolute atomic E-state index is 12.8. The Hall–Kier alpha value is -2.81. The molecule has 9 heteroatoms. The van der Waals surface area contributed by atoms with E-state index in [0.717, 1.165) is 10.6 Å². The number of aromatic nitrogens is 1. The van der Waals surface area contributed by atoms with Gasteiger partial charge in [0.05, 0.1) is 26.5 Å². The smallest absolute Gasteiger partial charge is 0.409 e. The molecule has 2 aromatic rings. The molecule has 0 spiro atoms. The molecule has 0 radical (unpaired) electrons. The van der Waals surface area contributed by atoms with Gasteiger partial charge < -0.3 is 24.4 Å². The molecule has 1 aliphatic heterocycles. The summed E-state index contributed by atoms with van der Waals surface area (Å²) in [6, 6.07) is 5.59. The van der Waals surface area contributed by atoms with Crippen LogP contribution in [0.5, 0.6) is 11.5 Å². The zero-order valence-electron chi connectivity index (χ0n) is 17.7. The van der Waals surface area contributed by atoms with Crippen LogP contribution in [0.25, 0.3) is 10.6 Å². The highest BCUT2D eigenvalue weighted by Crippen LogP contribution is 2.35. The minimum absolute atomic E-state index is 0.0224. The largest absolute Gasteiger partial charge is 0.493 e. The molecule has 0 bridgehead atoms. The number of amides is 2. The third kappa shape index (κ3) is 4.84. The Labute approximate surface area is 180 Å². The zero-order valence-corrected chi connectivity index (χ0v) is 18.5. The first-order valence-corrected chi connectivity index (χ1v) is 10.7. The number of likely N-dealkylation sites (tertiary alicyclic amines) is 1. The fraction of sp³-hybridized carbons (Fsp3) is 0.476. The SMILES string of the molecule is CCOC(=O)N1CCC(NC(=O)c2sc(-c3ccc(OC)c(OC)c3)nc2C)CC1. The molecule has 2 heterocycles. The van der Waals surface area contributed by atoms with Gasteiger partial charge in [-0.05, 0) is 44.9 Å². The molecule has 1 aliphatic rings. The number of hydrogen-bond donors (Lipinski definition) is 1. The van der Waals surface area contributed by atoms with Crippen molar-refractivity contribution in [2.24, 2.45) is 0 Å². The summed E-state index contributed by atoms with van der Waals surface area (Å²) in [6.45, 7) is 5.13. The van der Waals surface area contributed by atoms with Crippen molar-refractivity contribution in [1.29, 1.82) is 0 Å². The van der Waals surface area contributed by atoms with E-state index in [9.17, 15) is 9.59 Å². The summed E-state index contributed by atoms with van der Waals surface area (Å²) in [5.41, 5.74) is 1.55. The summed E-state index contributed by atoms with van der Waals surface area (Å²) in [6.07, 6.45) is 1.11. The Bertz CT molecular complexity index is 906. The number of rotatable bonds is 6. The van der Waals surface area contributed by atoms with Crippen LogP contribution < -0.4 is 14.8 Å². The van der Waals surface area contributed by atoms with Crippen LogP contribution in [-0.4, -0.2) is 61.8 Å². The van der Waals surface area contributed by atoms with Crippen LogP contribution in [-0.2, 0) is 4.74 Å². The molecule has 0 unspecified atom stereocenters. The molecular weight excluding hydrogens is 406 g/mol. The molecule has 1 aromatic carbocycles. The number of thiazole rings is 1. The molecule has 3 rings (SSSR count). The summed E-state index contributed by atoms with van der Waals surface area (Å²) in [5.74, 6) is 1.12. The maximum atomic E-state index is 12.8. The molecule has 1 fully saturated rings. The Morgan fingerprint density at radius 1 is 1.20 bits per heavy atom.